The van der Waals surface area contributed by atoms with Crippen molar-refractivity contribution in [3.63, 3.8) is 0 Å². The fourth-order valence-corrected chi connectivity index (χ4v) is 6.78. The molecule has 35 heavy (non-hydrogen) atoms. The van der Waals surface area contributed by atoms with Gasteiger partial charge in [-0.1, -0.05) is 20.8 Å². The molecule has 2 aliphatic heterocycles. The summed E-state index contributed by atoms with van der Waals surface area (Å²) in [5.41, 5.74) is 3.12. The molecule has 5 rings (SSSR count). The lowest BCUT2D eigenvalue weighted by Crippen LogP contribution is -2.49. The number of phenols is 1. The minimum atomic E-state index is -1.81. The fraction of sp³-hybridized carbons (Fsp3) is 0.630. The van der Waals surface area contributed by atoms with Gasteiger partial charge in [0.25, 0.3) is 0 Å². The number of aromatic nitrogens is 2. The molecule has 1 aromatic carbocycles. The lowest BCUT2D eigenvalue weighted by molar-refractivity contribution is 0.123. The van der Waals surface area contributed by atoms with Gasteiger partial charge in [-0.25, -0.2) is 0 Å². The maximum Gasteiger partial charge on any atom is 0.194 e. The highest BCUT2D eigenvalue weighted by molar-refractivity contribution is 6.74. The summed E-state index contributed by atoms with van der Waals surface area (Å²) in [4.78, 5) is 2.38. The van der Waals surface area contributed by atoms with Gasteiger partial charge in [-0.3, -0.25) is 0 Å². The predicted octanol–water partition coefficient (Wildman–Crippen LogP) is 5.62. The van der Waals surface area contributed by atoms with Crippen molar-refractivity contribution in [2.24, 2.45) is 0 Å². The fourth-order valence-electron chi connectivity index (χ4n) is 5.38. The summed E-state index contributed by atoms with van der Waals surface area (Å²) in [6.45, 7) is 15.6. The highest BCUT2D eigenvalue weighted by Crippen LogP contribution is 2.45. The Balaban J connectivity index is 1.39. The van der Waals surface area contributed by atoms with E-state index < -0.39 is 8.32 Å². The zero-order valence-electron chi connectivity index (χ0n) is 22.0. The first-order valence-corrected chi connectivity index (χ1v) is 15.9. The van der Waals surface area contributed by atoms with Gasteiger partial charge in [0.15, 0.2) is 19.9 Å². The molecule has 0 spiro atoms. The van der Waals surface area contributed by atoms with Gasteiger partial charge in [0.1, 0.15) is 23.8 Å². The Hall–Kier alpha value is -2.32. The molecule has 0 amide bonds. The van der Waals surface area contributed by atoms with Crippen LogP contribution in [-0.4, -0.2) is 55.5 Å². The first-order valence-electron chi connectivity index (χ1n) is 13.0. The smallest absolute Gasteiger partial charge is 0.194 e. The van der Waals surface area contributed by atoms with E-state index in [1.54, 1.807) is 0 Å². The van der Waals surface area contributed by atoms with Gasteiger partial charge >= 0.3 is 0 Å². The van der Waals surface area contributed by atoms with E-state index in [0.717, 1.165) is 60.7 Å². The topological polar surface area (TPSA) is 76.9 Å². The second-order valence-electron chi connectivity index (χ2n) is 11.8. The molecule has 7 nitrogen and oxygen atoms in total. The molecule has 1 fully saturated rings. The summed E-state index contributed by atoms with van der Waals surface area (Å²) in [5, 5.41) is 20.4. The molecule has 3 heterocycles. The van der Waals surface area contributed by atoms with Gasteiger partial charge < -0.3 is 23.9 Å². The number of fused-ring (bicyclic) bond motifs is 2. The molecule has 0 saturated heterocycles. The molecule has 190 valence electrons. The number of rotatable bonds is 4. The van der Waals surface area contributed by atoms with E-state index in [2.05, 4.69) is 49.0 Å². The van der Waals surface area contributed by atoms with E-state index >= 15 is 0 Å². The molecule has 0 unspecified atom stereocenters. The van der Waals surface area contributed by atoms with Crippen molar-refractivity contribution in [3.05, 3.63) is 23.3 Å². The molecule has 1 aliphatic carbocycles. The number of anilines is 1. The van der Waals surface area contributed by atoms with E-state index in [4.69, 9.17) is 13.9 Å². The lowest BCUT2D eigenvalue weighted by Gasteiger charge is -2.44. The van der Waals surface area contributed by atoms with E-state index in [9.17, 15) is 5.11 Å². The van der Waals surface area contributed by atoms with Crippen molar-refractivity contribution >= 4 is 14.1 Å². The van der Waals surface area contributed by atoms with Gasteiger partial charge in [-0.05, 0) is 62.4 Å². The van der Waals surface area contributed by atoms with Crippen LogP contribution in [0.4, 0.5) is 5.82 Å². The third-order valence-corrected chi connectivity index (χ3v) is 12.9. The Bertz CT molecular complexity index is 1110. The van der Waals surface area contributed by atoms with Crippen LogP contribution in [-0.2, 0) is 10.8 Å². The Morgan fingerprint density at radius 2 is 1.86 bits per heavy atom. The molecule has 2 atom stereocenters. The number of aromatic hydroxyl groups is 1. The van der Waals surface area contributed by atoms with Crippen LogP contribution in [0.3, 0.4) is 0 Å². The minimum Gasteiger partial charge on any atom is -0.507 e. The standard InChI is InChI=1S/C27H39N3O4Si/c1-17-14-22-20(10-12-32-22)25(31)24(17)21-16-23-26(29-28-21)30(11-13-33-23)18-8-7-9-19(15-18)34-35(5,6)27(2,3)4/h14,16,18-19,31H,7-13,15H2,1-6H3/t18-,19+/m1/s1. The third kappa shape index (κ3) is 4.51. The number of hydrogen-bond donors (Lipinski definition) is 1. The van der Waals surface area contributed by atoms with Crippen molar-refractivity contribution in [1.82, 2.24) is 10.2 Å². The Labute approximate surface area is 209 Å². The highest BCUT2D eigenvalue weighted by atomic mass is 28.4. The van der Waals surface area contributed by atoms with Crippen molar-refractivity contribution in [3.8, 4) is 28.5 Å². The summed E-state index contributed by atoms with van der Waals surface area (Å²) < 4.78 is 18.5. The van der Waals surface area contributed by atoms with Gasteiger partial charge in [0, 0.05) is 35.8 Å². The van der Waals surface area contributed by atoms with E-state index in [1.807, 2.05) is 19.1 Å². The van der Waals surface area contributed by atoms with Gasteiger partial charge in [0.05, 0.1) is 13.2 Å². The normalized spacial score (nSPS) is 22.3. The number of ether oxygens (including phenoxy) is 2. The number of nitrogens with zero attached hydrogens (tertiary/aromatic N) is 3. The molecule has 0 bridgehead atoms. The van der Waals surface area contributed by atoms with Gasteiger partial charge in [-0.15, -0.1) is 10.2 Å². The first kappa shape index (κ1) is 24.4. The Kier molecular flexibility index (Phi) is 6.24. The first-order chi connectivity index (χ1) is 16.5. The second-order valence-corrected chi connectivity index (χ2v) is 16.5. The molecule has 1 aromatic heterocycles. The molecule has 1 N–H and O–H groups in total. The van der Waals surface area contributed by atoms with Crippen LogP contribution in [0.5, 0.6) is 17.2 Å². The molecule has 0 radical (unpaired) electrons. The summed E-state index contributed by atoms with van der Waals surface area (Å²) in [6.07, 6.45) is 5.43. The zero-order valence-corrected chi connectivity index (χ0v) is 23.0. The van der Waals surface area contributed by atoms with Crippen LogP contribution in [0.1, 0.15) is 57.6 Å². The summed E-state index contributed by atoms with van der Waals surface area (Å²) in [7, 11) is -1.81. The summed E-state index contributed by atoms with van der Waals surface area (Å²) >= 11 is 0. The quantitative estimate of drug-likeness (QED) is 0.549. The van der Waals surface area contributed by atoms with Gasteiger partial charge in [-0.2, -0.15) is 0 Å². The minimum absolute atomic E-state index is 0.209. The average Bonchev–Trinajstić information content (AvgIpc) is 3.26. The van der Waals surface area contributed by atoms with E-state index in [-0.39, 0.29) is 10.8 Å². The van der Waals surface area contributed by atoms with Crippen molar-refractivity contribution in [1.29, 1.82) is 0 Å². The van der Waals surface area contributed by atoms with Crippen LogP contribution in [0.25, 0.3) is 11.3 Å². The monoisotopic (exact) mass is 497 g/mol. The zero-order chi connectivity index (χ0) is 25.0. The second kappa shape index (κ2) is 8.96. The Morgan fingerprint density at radius 3 is 2.63 bits per heavy atom. The molecular formula is C27H39N3O4Si. The van der Waals surface area contributed by atoms with Crippen LogP contribution in [0.15, 0.2) is 12.1 Å². The van der Waals surface area contributed by atoms with E-state index in [0.29, 0.717) is 43.0 Å². The average molecular weight is 498 g/mol. The highest BCUT2D eigenvalue weighted by Gasteiger charge is 2.41. The molecular weight excluding hydrogens is 458 g/mol. The largest absolute Gasteiger partial charge is 0.507 e. The maximum absolute atomic E-state index is 11.0. The van der Waals surface area contributed by atoms with Crippen LogP contribution in [0, 0.1) is 6.92 Å². The maximum atomic E-state index is 11.0. The summed E-state index contributed by atoms with van der Waals surface area (Å²) in [5.74, 6) is 2.56. The van der Waals surface area contributed by atoms with Crippen LogP contribution in [0.2, 0.25) is 18.1 Å². The predicted molar refractivity (Wildman–Crippen MR) is 140 cm³/mol. The number of benzene rings is 1. The van der Waals surface area contributed by atoms with Crippen molar-refractivity contribution in [2.75, 3.05) is 24.7 Å². The Morgan fingerprint density at radius 1 is 1.09 bits per heavy atom. The van der Waals surface area contributed by atoms with Crippen molar-refractivity contribution < 1.29 is 19.0 Å². The molecule has 3 aliphatic rings. The van der Waals surface area contributed by atoms with Crippen LogP contribution < -0.4 is 14.4 Å². The van der Waals surface area contributed by atoms with Gasteiger partial charge in [0.2, 0.25) is 0 Å². The summed E-state index contributed by atoms with van der Waals surface area (Å²) in [6, 6.07) is 4.29. The van der Waals surface area contributed by atoms with E-state index in [1.165, 1.54) is 0 Å². The van der Waals surface area contributed by atoms with Crippen molar-refractivity contribution in [2.45, 2.75) is 90.1 Å². The number of aryl methyl sites for hydroxylation is 1. The lowest BCUT2D eigenvalue weighted by atomic mass is 9.91. The SMILES string of the molecule is Cc1cc2c(c(O)c1-c1cc3c(nn1)N([C@@H]1CCC[C@H](O[Si](C)(C)C(C)(C)C)C1)CCO3)CCO2. The molecule has 8 heteroatoms. The number of hydrogen-bond acceptors (Lipinski definition) is 7. The third-order valence-electron chi connectivity index (χ3n) is 8.34. The van der Waals surface area contributed by atoms with Crippen LogP contribution >= 0.6 is 0 Å². The molecule has 2 aromatic rings. The number of phenolic OH excluding ortho intramolecular Hbond substituents is 1. The molecule has 1 saturated carbocycles.